The van der Waals surface area contributed by atoms with Gasteiger partial charge in [-0.2, -0.15) is 0 Å². The van der Waals surface area contributed by atoms with Crippen LogP contribution in [0.5, 0.6) is 0 Å². The third kappa shape index (κ3) is 7.94. The summed E-state index contributed by atoms with van der Waals surface area (Å²) < 4.78 is 24.4. The maximum Gasteiger partial charge on any atom is 0.413 e. The normalized spacial score (nSPS) is 20.1. The number of amides is 1. The van der Waals surface area contributed by atoms with Crippen LogP contribution in [0.3, 0.4) is 0 Å². The Kier molecular flexibility index (Phi) is 9.19. The number of carbonyl (C=O) groups is 1. The van der Waals surface area contributed by atoms with Crippen LogP contribution in [0.4, 0.5) is 4.79 Å². The minimum absolute atomic E-state index is 0.140. The molecule has 6 nitrogen and oxygen atoms in total. The number of rotatable bonds is 8. The van der Waals surface area contributed by atoms with Crippen molar-refractivity contribution in [1.82, 2.24) is 4.90 Å². The Labute approximate surface area is 207 Å². The summed E-state index contributed by atoms with van der Waals surface area (Å²) in [6.45, 7) is 21.8. The van der Waals surface area contributed by atoms with Gasteiger partial charge in [0.05, 0.1) is 32.0 Å². The van der Waals surface area contributed by atoms with E-state index in [-0.39, 0.29) is 17.2 Å². The van der Waals surface area contributed by atoms with Crippen molar-refractivity contribution in [3.8, 4) is 0 Å². The van der Waals surface area contributed by atoms with Crippen molar-refractivity contribution >= 4 is 14.4 Å². The monoisotopic (exact) mass is 491 g/mol. The van der Waals surface area contributed by atoms with Crippen molar-refractivity contribution < 1.29 is 23.4 Å². The van der Waals surface area contributed by atoms with E-state index >= 15 is 0 Å². The summed E-state index contributed by atoms with van der Waals surface area (Å²) in [5.74, 6) is 0. The second-order valence-electron chi connectivity index (χ2n) is 11.9. The highest BCUT2D eigenvalue weighted by Crippen LogP contribution is 2.36. The zero-order chi connectivity index (χ0) is 25.8. The smallest absolute Gasteiger partial charge is 0.413 e. The number of hydrogen-bond donors (Lipinski definition) is 0. The van der Waals surface area contributed by atoms with Gasteiger partial charge < -0.3 is 18.6 Å². The van der Waals surface area contributed by atoms with Gasteiger partial charge in [-0.15, -0.1) is 0 Å². The fraction of sp³-hybridized carbons (Fsp3) is 0.667. The lowest BCUT2D eigenvalue weighted by Crippen LogP contribution is -2.53. The second-order valence-corrected chi connectivity index (χ2v) is 16.7. The molecule has 2 atom stereocenters. The van der Waals surface area contributed by atoms with Crippen LogP contribution in [0.1, 0.15) is 61.0 Å². The Morgan fingerprint density at radius 1 is 1.18 bits per heavy atom. The van der Waals surface area contributed by atoms with Crippen LogP contribution in [0, 0.1) is 0 Å². The SMILES string of the molecule is CC(C)(C)OC(=O)N1[C@H]([C@@H](/C=C/CO[Si](C)(C)C(C)(C)C)OCc2ccccc2)COC1(C)C. The molecule has 1 fully saturated rings. The van der Waals surface area contributed by atoms with E-state index in [0.717, 1.165) is 5.56 Å². The summed E-state index contributed by atoms with van der Waals surface area (Å²) in [6.07, 6.45) is 3.23. The first-order valence-corrected chi connectivity index (χ1v) is 15.1. The van der Waals surface area contributed by atoms with Crippen LogP contribution in [-0.2, 0) is 25.2 Å². The van der Waals surface area contributed by atoms with Gasteiger partial charge in [-0.25, -0.2) is 4.79 Å². The molecule has 0 bridgehead atoms. The summed E-state index contributed by atoms with van der Waals surface area (Å²) in [4.78, 5) is 14.8. The number of ether oxygens (including phenoxy) is 3. The van der Waals surface area contributed by atoms with E-state index < -0.39 is 25.7 Å². The summed E-state index contributed by atoms with van der Waals surface area (Å²) >= 11 is 0. The van der Waals surface area contributed by atoms with Gasteiger partial charge in [0.2, 0.25) is 0 Å². The molecule has 1 amide bonds. The average Bonchev–Trinajstić information content (AvgIpc) is 3.01. The highest BCUT2D eigenvalue weighted by Gasteiger charge is 2.48. The fourth-order valence-electron chi connectivity index (χ4n) is 3.47. The topological polar surface area (TPSA) is 57.2 Å². The molecule has 1 aromatic rings. The third-order valence-corrected chi connectivity index (χ3v) is 10.9. The van der Waals surface area contributed by atoms with Crippen LogP contribution in [0.2, 0.25) is 18.1 Å². The largest absolute Gasteiger partial charge is 0.444 e. The van der Waals surface area contributed by atoms with E-state index in [1.807, 2.05) is 77.1 Å². The number of benzene rings is 1. The zero-order valence-corrected chi connectivity index (χ0v) is 23.8. The fourth-order valence-corrected chi connectivity index (χ4v) is 4.41. The van der Waals surface area contributed by atoms with Gasteiger partial charge in [-0.1, -0.05) is 63.3 Å². The molecule has 1 aliphatic rings. The van der Waals surface area contributed by atoms with E-state index in [1.165, 1.54) is 0 Å². The highest BCUT2D eigenvalue weighted by molar-refractivity contribution is 6.74. The highest BCUT2D eigenvalue weighted by atomic mass is 28.4. The Balaban J connectivity index is 2.23. The predicted molar refractivity (Wildman–Crippen MR) is 139 cm³/mol. The van der Waals surface area contributed by atoms with Gasteiger partial charge >= 0.3 is 6.09 Å². The molecular formula is C27H45NO5Si. The molecule has 0 N–H and O–H groups in total. The molecule has 1 aromatic carbocycles. The summed E-state index contributed by atoms with van der Waals surface area (Å²) in [7, 11) is -1.86. The van der Waals surface area contributed by atoms with E-state index in [9.17, 15) is 4.79 Å². The van der Waals surface area contributed by atoms with Crippen molar-refractivity contribution in [3.05, 3.63) is 48.0 Å². The molecule has 0 unspecified atom stereocenters. The van der Waals surface area contributed by atoms with Gasteiger partial charge in [-0.3, -0.25) is 4.90 Å². The van der Waals surface area contributed by atoms with E-state index in [2.05, 4.69) is 33.9 Å². The van der Waals surface area contributed by atoms with Crippen LogP contribution >= 0.6 is 0 Å². The van der Waals surface area contributed by atoms with Crippen molar-refractivity contribution in [2.45, 2.75) is 104 Å². The number of hydrogen-bond acceptors (Lipinski definition) is 5. The lowest BCUT2D eigenvalue weighted by Gasteiger charge is -2.37. The Bertz CT molecular complexity index is 824. The molecule has 0 aromatic heterocycles. The Hall–Kier alpha value is -1.67. The molecule has 0 spiro atoms. The van der Waals surface area contributed by atoms with Gasteiger partial charge in [0.25, 0.3) is 0 Å². The minimum Gasteiger partial charge on any atom is -0.444 e. The summed E-state index contributed by atoms with van der Waals surface area (Å²) in [6, 6.07) is 9.70. The molecule has 0 radical (unpaired) electrons. The number of carbonyl (C=O) groups excluding carboxylic acids is 1. The molecule has 1 aliphatic heterocycles. The van der Waals surface area contributed by atoms with Crippen LogP contribution in [-0.4, -0.2) is 56.0 Å². The van der Waals surface area contributed by atoms with Crippen LogP contribution < -0.4 is 0 Å². The van der Waals surface area contributed by atoms with E-state index in [0.29, 0.717) is 19.8 Å². The molecule has 1 saturated heterocycles. The van der Waals surface area contributed by atoms with Crippen molar-refractivity contribution in [1.29, 1.82) is 0 Å². The first-order chi connectivity index (χ1) is 15.5. The van der Waals surface area contributed by atoms with Gasteiger partial charge in [-0.05, 0) is 58.3 Å². The predicted octanol–water partition coefficient (Wildman–Crippen LogP) is 6.52. The lowest BCUT2D eigenvalue weighted by molar-refractivity contribution is -0.0698. The van der Waals surface area contributed by atoms with E-state index in [1.54, 1.807) is 4.90 Å². The molecule has 34 heavy (non-hydrogen) atoms. The molecule has 1 heterocycles. The molecule has 0 saturated carbocycles. The van der Waals surface area contributed by atoms with Crippen LogP contribution in [0.15, 0.2) is 42.5 Å². The van der Waals surface area contributed by atoms with Gasteiger partial charge in [0.1, 0.15) is 11.3 Å². The maximum atomic E-state index is 13.2. The van der Waals surface area contributed by atoms with Gasteiger partial charge in [0, 0.05) is 0 Å². The quantitative estimate of drug-likeness (QED) is 0.306. The first-order valence-electron chi connectivity index (χ1n) is 12.2. The summed E-state index contributed by atoms with van der Waals surface area (Å²) in [5.41, 5.74) is -0.333. The third-order valence-electron chi connectivity index (χ3n) is 6.45. The van der Waals surface area contributed by atoms with Crippen molar-refractivity contribution in [2.24, 2.45) is 0 Å². The lowest BCUT2D eigenvalue weighted by atomic mass is 10.1. The molecule has 2 rings (SSSR count). The molecular weight excluding hydrogens is 446 g/mol. The van der Waals surface area contributed by atoms with Crippen molar-refractivity contribution in [3.63, 3.8) is 0 Å². The summed E-state index contributed by atoms with van der Waals surface area (Å²) in [5, 5.41) is 0.140. The molecule has 192 valence electrons. The maximum absolute atomic E-state index is 13.2. The zero-order valence-electron chi connectivity index (χ0n) is 22.8. The van der Waals surface area contributed by atoms with Crippen LogP contribution in [0.25, 0.3) is 0 Å². The Morgan fingerprint density at radius 3 is 2.35 bits per heavy atom. The van der Waals surface area contributed by atoms with Gasteiger partial charge in [0.15, 0.2) is 8.32 Å². The second kappa shape index (κ2) is 10.9. The standard InChI is InChI=1S/C27H45NO5Si/c1-25(2,3)33-24(29)28-22(20-31-27(28,7)8)23(30-19-21-15-12-11-13-16-21)17-14-18-32-34(9,10)26(4,5)6/h11-17,22-23H,18-20H2,1-10H3/b17-14+/t22-,23+/m0/s1. The van der Waals surface area contributed by atoms with E-state index in [4.69, 9.17) is 18.6 Å². The minimum atomic E-state index is -1.86. The average molecular weight is 492 g/mol. The Morgan fingerprint density at radius 2 is 1.79 bits per heavy atom. The molecule has 0 aliphatic carbocycles. The molecule has 7 heteroatoms. The first kappa shape index (κ1) is 28.6. The van der Waals surface area contributed by atoms with Crippen molar-refractivity contribution in [2.75, 3.05) is 13.2 Å². The number of nitrogens with zero attached hydrogens (tertiary/aromatic N) is 1.